The summed E-state index contributed by atoms with van der Waals surface area (Å²) in [7, 11) is 0. The summed E-state index contributed by atoms with van der Waals surface area (Å²) in [5.74, 6) is 1.19. The minimum atomic E-state index is 0.419. The van der Waals surface area contributed by atoms with E-state index in [1.54, 1.807) is 0 Å². The van der Waals surface area contributed by atoms with Gasteiger partial charge in [0.1, 0.15) is 5.82 Å². The molecule has 2 N–H and O–H groups in total. The fourth-order valence-corrected chi connectivity index (χ4v) is 1.78. The van der Waals surface area contributed by atoms with E-state index < -0.39 is 0 Å². The van der Waals surface area contributed by atoms with Crippen molar-refractivity contribution in [1.82, 2.24) is 9.78 Å². The third kappa shape index (κ3) is 2.08. The molecule has 0 aliphatic rings. The minimum Gasteiger partial charge on any atom is -0.384 e. The lowest BCUT2D eigenvalue weighted by Gasteiger charge is -2.13. The number of hydrogen-bond acceptors (Lipinski definition) is 2. The monoisotopic (exact) mass is 215 g/mol. The van der Waals surface area contributed by atoms with E-state index in [9.17, 15) is 0 Å². The molecule has 0 bridgehead atoms. The summed E-state index contributed by atoms with van der Waals surface area (Å²) in [6, 6.07) is 10.4. The van der Waals surface area contributed by atoms with Crippen LogP contribution in [-0.2, 0) is 6.54 Å². The molecule has 0 radical (unpaired) electrons. The molecular weight excluding hydrogens is 198 g/mol. The smallest absolute Gasteiger partial charge is 0.124 e. The summed E-state index contributed by atoms with van der Waals surface area (Å²) in [5.41, 5.74) is 8.29. The summed E-state index contributed by atoms with van der Waals surface area (Å²) in [4.78, 5) is 0. The van der Waals surface area contributed by atoms with Crippen molar-refractivity contribution in [1.29, 1.82) is 0 Å². The van der Waals surface area contributed by atoms with Gasteiger partial charge in [0.05, 0.1) is 6.20 Å². The second kappa shape index (κ2) is 4.39. The second-order valence-corrected chi connectivity index (χ2v) is 4.21. The quantitative estimate of drug-likeness (QED) is 0.855. The Morgan fingerprint density at radius 1 is 1.31 bits per heavy atom. The van der Waals surface area contributed by atoms with Crippen molar-refractivity contribution in [2.45, 2.75) is 26.3 Å². The maximum absolute atomic E-state index is 5.93. The van der Waals surface area contributed by atoms with E-state index in [2.05, 4.69) is 36.3 Å². The van der Waals surface area contributed by atoms with Crippen molar-refractivity contribution < 1.29 is 0 Å². The van der Waals surface area contributed by atoms with Crippen molar-refractivity contribution in [2.75, 3.05) is 5.73 Å². The van der Waals surface area contributed by atoms with Gasteiger partial charge in [-0.2, -0.15) is 5.10 Å². The summed E-state index contributed by atoms with van der Waals surface area (Å²) in [6.45, 7) is 4.99. The maximum Gasteiger partial charge on any atom is 0.124 e. The minimum absolute atomic E-state index is 0.419. The number of nitrogens with two attached hydrogens (primary N) is 1. The highest BCUT2D eigenvalue weighted by molar-refractivity contribution is 5.37. The Balaban J connectivity index is 2.14. The van der Waals surface area contributed by atoms with Gasteiger partial charge in [-0.25, -0.2) is 4.68 Å². The Bertz CT molecular complexity index is 459. The summed E-state index contributed by atoms with van der Waals surface area (Å²) < 4.78 is 1.87. The fraction of sp³-hybridized carbons (Fsp3) is 0.308. The van der Waals surface area contributed by atoms with Crippen LogP contribution in [0, 0.1) is 6.92 Å². The first kappa shape index (κ1) is 10.7. The lowest BCUT2D eigenvalue weighted by atomic mass is 10.0. The van der Waals surface area contributed by atoms with E-state index in [1.165, 1.54) is 5.56 Å². The highest BCUT2D eigenvalue weighted by atomic mass is 15.3. The first-order chi connectivity index (χ1) is 7.68. The fourth-order valence-electron chi connectivity index (χ4n) is 1.78. The van der Waals surface area contributed by atoms with Crippen LogP contribution in [0.5, 0.6) is 0 Å². The van der Waals surface area contributed by atoms with Gasteiger partial charge in [-0.05, 0) is 12.5 Å². The van der Waals surface area contributed by atoms with Gasteiger partial charge in [-0.1, -0.05) is 37.3 Å². The zero-order valence-corrected chi connectivity index (χ0v) is 9.72. The zero-order valence-electron chi connectivity index (χ0n) is 9.72. The number of nitrogen functional groups attached to an aromatic ring is 1. The lowest BCUT2D eigenvalue weighted by molar-refractivity contribution is 0.550. The Kier molecular flexibility index (Phi) is 2.95. The number of aromatic nitrogens is 2. The third-order valence-corrected chi connectivity index (χ3v) is 2.89. The zero-order chi connectivity index (χ0) is 11.5. The summed E-state index contributed by atoms with van der Waals surface area (Å²) in [6.07, 6.45) is 1.81. The maximum atomic E-state index is 5.93. The molecule has 0 spiro atoms. The van der Waals surface area contributed by atoms with Gasteiger partial charge in [0.2, 0.25) is 0 Å². The normalized spacial score (nSPS) is 12.6. The highest BCUT2D eigenvalue weighted by Gasteiger charge is 2.09. The lowest BCUT2D eigenvalue weighted by Crippen LogP contribution is -2.10. The molecule has 1 unspecified atom stereocenters. The van der Waals surface area contributed by atoms with Gasteiger partial charge in [0, 0.05) is 18.0 Å². The van der Waals surface area contributed by atoms with Crippen LogP contribution in [0.4, 0.5) is 5.82 Å². The van der Waals surface area contributed by atoms with Gasteiger partial charge < -0.3 is 5.73 Å². The SMILES string of the molecule is Cc1cnn(CC(C)c2ccccc2)c1N. The molecule has 2 rings (SSSR count). The first-order valence-electron chi connectivity index (χ1n) is 5.51. The first-order valence-corrected chi connectivity index (χ1v) is 5.51. The summed E-state index contributed by atoms with van der Waals surface area (Å²) in [5, 5.41) is 4.27. The molecule has 1 aromatic carbocycles. The van der Waals surface area contributed by atoms with Crippen molar-refractivity contribution >= 4 is 5.82 Å². The Hall–Kier alpha value is -1.77. The van der Waals surface area contributed by atoms with Crippen LogP contribution in [0.15, 0.2) is 36.5 Å². The van der Waals surface area contributed by atoms with Crippen LogP contribution >= 0.6 is 0 Å². The number of rotatable bonds is 3. The van der Waals surface area contributed by atoms with Crippen molar-refractivity contribution in [3.05, 3.63) is 47.7 Å². The highest BCUT2D eigenvalue weighted by Crippen LogP contribution is 2.19. The van der Waals surface area contributed by atoms with Crippen LogP contribution in [0.3, 0.4) is 0 Å². The standard InChI is InChI=1S/C13H17N3/c1-10-8-15-16(13(10)14)9-11(2)12-6-4-3-5-7-12/h3-8,11H,9,14H2,1-2H3. The molecule has 0 saturated heterocycles. The van der Waals surface area contributed by atoms with E-state index >= 15 is 0 Å². The molecule has 3 nitrogen and oxygen atoms in total. The van der Waals surface area contributed by atoms with Crippen molar-refractivity contribution in [3.63, 3.8) is 0 Å². The predicted molar refractivity (Wildman–Crippen MR) is 66.2 cm³/mol. The molecule has 16 heavy (non-hydrogen) atoms. The van der Waals surface area contributed by atoms with E-state index in [4.69, 9.17) is 5.73 Å². The average molecular weight is 215 g/mol. The average Bonchev–Trinajstić information content (AvgIpc) is 2.62. The van der Waals surface area contributed by atoms with Gasteiger partial charge in [0.25, 0.3) is 0 Å². The van der Waals surface area contributed by atoms with E-state index in [0.717, 1.165) is 17.9 Å². The largest absolute Gasteiger partial charge is 0.384 e. The summed E-state index contributed by atoms with van der Waals surface area (Å²) >= 11 is 0. The van der Waals surface area contributed by atoms with Crippen LogP contribution in [0.2, 0.25) is 0 Å². The number of aryl methyl sites for hydroxylation is 1. The number of nitrogens with zero attached hydrogens (tertiary/aromatic N) is 2. The molecule has 84 valence electrons. The molecule has 0 aliphatic carbocycles. The van der Waals surface area contributed by atoms with Crippen LogP contribution < -0.4 is 5.73 Å². The molecule has 0 fully saturated rings. The predicted octanol–water partition coefficient (Wildman–Crippen LogP) is 2.58. The van der Waals surface area contributed by atoms with Gasteiger partial charge in [-0.15, -0.1) is 0 Å². The Morgan fingerprint density at radius 2 is 2.00 bits per heavy atom. The molecule has 1 atom stereocenters. The number of hydrogen-bond donors (Lipinski definition) is 1. The molecule has 0 aliphatic heterocycles. The molecular formula is C13H17N3. The van der Waals surface area contributed by atoms with Gasteiger partial charge >= 0.3 is 0 Å². The van der Waals surface area contributed by atoms with Gasteiger partial charge in [-0.3, -0.25) is 0 Å². The van der Waals surface area contributed by atoms with E-state index in [0.29, 0.717) is 5.92 Å². The van der Waals surface area contributed by atoms with E-state index in [1.807, 2.05) is 23.9 Å². The van der Waals surface area contributed by atoms with Crippen molar-refractivity contribution in [3.8, 4) is 0 Å². The topological polar surface area (TPSA) is 43.8 Å². The Labute approximate surface area is 95.9 Å². The number of anilines is 1. The molecule has 2 aromatic rings. The second-order valence-electron chi connectivity index (χ2n) is 4.21. The Morgan fingerprint density at radius 3 is 2.56 bits per heavy atom. The van der Waals surface area contributed by atoms with Gasteiger partial charge in [0.15, 0.2) is 0 Å². The molecule has 1 heterocycles. The van der Waals surface area contributed by atoms with Crippen LogP contribution in [0.25, 0.3) is 0 Å². The van der Waals surface area contributed by atoms with Crippen LogP contribution in [-0.4, -0.2) is 9.78 Å². The third-order valence-electron chi connectivity index (χ3n) is 2.89. The molecule has 0 amide bonds. The van der Waals surface area contributed by atoms with Crippen molar-refractivity contribution in [2.24, 2.45) is 0 Å². The molecule has 1 aromatic heterocycles. The van der Waals surface area contributed by atoms with E-state index in [-0.39, 0.29) is 0 Å². The number of benzene rings is 1. The molecule has 0 saturated carbocycles. The molecule has 3 heteroatoms. The van der Waals surface area contributed by atoms with Crippen LogP contribution in [0.1, 0.15) is 24.0 Å².